The summed E-state index contributed by atoms with van der Waals surface area (Å²) >= 11 is 0. The van der Waals surface area contributed by atoms with Crippen LogP contribution in [-0.4, -0.2) is 9.97 Å². The van der Waals surface area contributed by atoms with Crippen LogP contribution < -0.4 is 0 Å². The van der Waals surface area contributed by atoms with E-state index in [4.69, 9.17) is 14.4 Å². The second kappa shape index (κ2) is 9.37. The van der Waals surface area contributed by atoms with E-state index in [2.05, 4.69) is 115 Å². The second-order valence-corrected chi connectivity index (χ2v) is 11.0. The van der Waals surface area contributed by atoms with Crippen LogP contribution >= 0.6 is 0 Å². The molecule has 0 unspecified atom stereocenters. The number of hydrogen-bond donors (Lipinski definition) is 0. The molecule has 0 radical (unpaired) electrons. The quantitative estimate of drug-likeness (QED) is 0.220. The van der Waals surface area contributed by atoms with E-state index in [9.17, 15) is 0 Å². The van der Waals surface area contributed by atoms with Gasteiger partial charge in [0, 0.05) is 32.7 Å². The van der Waals surface area contributed by atoms with Crippen molar-refractivity contribution in [1.82, 2.24) is 9.97 Å². The molecule has 0 spiro atoms. The van der Waals surface area contributed by atoms with Gasteiger partial charge in [-0.1, -0.05) is 103 Å². The molecule has 0 aliphatic rings. The van der Waals surface area contributed by atoms with Crippen LogP contribution in [0, 0.1) is 0 Å². The number of furan rings is 1. The number of benzene rings is 7. The highest BCUT2D eigenvalue weighted by Gasteiger charge is 2.15. The number of para-hydroxylation sites is 2. The fourth-order valence-electron chi connectivity index (χ4n) is 6.28. The molecule has 0 saturated heterocycles. The maximum atomic E-state index is 6.30. The molecule has 2 aromatic heterocycles. The van der Waals surface area contributed by atoms with Crippen molar-refractivity contribution in [2.24, 2.45) is 0 Å². The predicted octanol–water partition coefficient (Wildman–Crippen LogP) is 10.8. The van der Waals surface area contributed by atoms with Crippen LogP contribution in [0.25, 0.3) is 88.2 Å². The Hall–Kier alpha value is -5.80. The third-order valence-electron chi connectivity index (χ3n) is 8.44. The molecule has 0 amide bonds. The van der Waals surface area contributed by atoms with Gasteiger partial charge in [0.1, 0.15) is 11.2 Å². The molecule has 0 aliphatic carbocycles. The number of nitrogens with zero attached hydrogens (tertiary/aromatic N) is 2. The molecule has 7 aromatic carbocycles. The topological polar surface area (TPSA) is 38.9 Å². The minimum atomic E-state index is 0.718. The molecule has 43 heavy (non-hydrogen) atoms. The molecular formula is C40H24N2O. The lowest BCUT2D eigenvalue weighted by molar-refractivity contribution is 0.672. The molecule has 0 bridgehead atoms. The molecule has 0 atom stereocenters. The average molecular weight is 549 g/mol. The van der Waals surface area contributed by atoms with E-state index >= 15 is 0 Å². The third kappa shape index (κ3) is 3.90. The molecule has 0 aliphatic heterocycles. The van der Waals surface area contributed by atoms with Crippen LogP contribution in [0.5, 0.6) is 0 Å². The van der Waals surface area contributed by atoms with E-state index in [0.29, 0.717) is 0 Å². The van der Waals surface area contributed by atoms with Gasteiger partial charge in [0.15, 0.2) is 5.82 Å². The summed E-state index contributed by atoms with van der Waals surface area (Å²) in [6.45, 7) is 0. The van der Waals surface area contributed by atoms with Gasteiger partial charge in [0.05, 0.1) is 11.2 Å². The van der Waals surface area contributed by atoms with Crippen LogP contribution in [-0.2, 0) is 0 Å². The first-order valence-electron chi connectivity index (χ1n) is 14.5. The maximum Gasteiger partial charge on any atom is 0.160 e. The number of rotatable bonds is 3. The fourth-order valence-corrected chi connectivity index (χ4v) is 6.28. The summed E-state index contributed by atoms with van der Waals surface area (Å²) < 4.78 is 6.30. The van der Waals surface area contributed by atoms with Gasteiger partial charge in [0.25, 0.3) is 0 Å². The van der Waals surface area contributed by atoms with E-state index in [1.807, 2.05) is 30.3 Å². The standard InChI is InChI=1S/C40H24N2O/c1-2-8-25(9-3-1)26-14-15-28-23-31(17-16-27(28)22-26)40-41-36-12-6-4-11-35(36)38(42-40)30-19-20-32-29(24-30)18-21-34-33-10-5-7-13-37(33)43-39(32)34/h1-24H. The maximum absolute atomic E-state index is 6.30. The Morgan fingerprint density at radius 3 is 1.93 bits per heavy atom. The zero-order valence-electron chi connectivity index (χ0n) is 23.2. The Kier molecular flexibility index (Phi) is 5.20. The van der Waals surface area contributed by atoms with Gasteiger partial charge in [-0.3, -0.25) is 0 Å². The van der Waals surface area contributed by atoms with Gasteiger partial charge in [-0.15, -0.1) is 0 Å². The lowest BCUT2D eigenvalue weighted by Gasteiger charge is -2.11. The highest BCUT2D eigenvalue weighted by Crippen LogP contribution is 2.37. The monoisotopic (exact) mass is 548 g/mol. The summed E-state index contributed by atoms with van der Waals surface area (Å²) in [7, 11) is 0. The molecule has 3 nitrogen and oxygen atoms in total. The first-order valence-corrected chi connectivity index (χ1v) is 14.5. The van der Waals surface area contributed by atoms with E-state index in [-0.39, 0.29) is 0 Å². The van der Waals surface area contributed by atoms with Crippen molar-refractivity contribution in [3.05, 3.63) is 146 Å². The van der Waals surface area contributed by atoms with Crippen molar-refractivity contribution >= 4 is 54.4 Å². The van der Waals surface area contributed by atoms with E-state index < -0.39 is 0 Å². The van der Waals surface area contributed by atoms with Gasteiger partial charge >= 0.3 is 0 Å². The normalized spacial score (nSPS) is 11.7. The van der Waals surface area contributed by atoms with Gasteiger partial charge in [0.2, 0.25) is 0 Å². The van der Waals surface area contributed by atoms with E-state index in [1.54, 1.807) is 0 Å². The summed E-state index contributed by atoms with van der Waals surface area (Å²) in [5.74, 6) is 0.718. The fraction of sp³-hybridized carbons (Fsp3) is 0. The Morgan fingerprint density at radius 2 is 1.05 bits per heavy atom. The Balaban J connectivity index is 1.18. The van der Waals surface area contributed by atoms with Crippen LogP contribution in [0.3, 0.4) is 0 Å². The largest absolute Gasteiger partial charge is 0.455 e. The molecule has 9 aromatic rings. The summed E-state index contributed by atoms with van der Waals surface area (Å²) in [5.41, 5.74) is 8.15. The van der Waals surface area contributed by atoms with Crippen molar-refractivity contribution in [1.29, 1.82) is 0 Å². The van der Waals surface area contributed by atoms with Crippen molar-refractivity contribution < 1.29 is 4.42 Å². The van der Waals surface area contributed by atoms with E-state index in [1.165, 1.54) is 16.5 Å². The first kappa shape index (κ1) is 23.9. The number of hydrogen-bond acceptors (Lipinski definition) is 3. The summed E-state index contributed by atoms with van der Waals surface area (Å²) in [6.07, 6.45) is 0. The Morgan fingerprint density at radius 1 is 0.395 bits per heavy atom. The van der Waals surface area contributed by atoms with Crippen molar-refractivity contribution in [3.63, 3.8) is 0 Å². The average Bonchev–Trinajstić information content (AvgIpc) is 3.47. The predicted molar refractivity (Wildman–Crippen MR) is 178 cm³/mol. The Labute approximate surface area is 247 Å². The highest BCUT2D eigenvalue weighted by atomic mass is 16.3. The van der Waals surface area contributed by atoms with Gasteiger partial charge in [-0.05, 0) is 69.8 Å². The van der Waals surface area contributed by atoms with Gasteiger partial charge in [-0.2, -0.15) is 0 Å². The van der Waals surface area contributed by atoms with Crippen LogP contribution in [0.2, 0.25) is 0 Å². The van der Waals surface area contributed by atoms with Crippen molar-refractivity contribution in [2.45, 2.75) is 0 Å². The number of fused-ring (bicyclic) bond motifs is 7. The van der Waals surface area contributed by atoms with Crippen molar-refractivity contribution in [3.8, 4) is 33.8 Å². The summed E-state index contributed by atoms with van der Waals surface area (Å²) in [4.78, 5) is 10.2. The highest BCUT2D eigenvalue weighted by molar-refractivity contribution is 6.15. The molecule has 0 N–H and O–H groups in total. The van der Waals surface area contributed by atoms with E-state index in [0.717, 1.165) is 71.6 Å². The van der Waals surface area contributed by atoms with Gasteiger partial charge < -0.3 is 4.42 Å². The van der Waals surface area contributed by atoms with Crippen LogP contribution in [0.1, 0.15) is 0 Å². The first-order chi connectivity index (χ1) is 21.3. The Bertz CT molecular complexity index is 2510. The zero-order valence-corrected chi connectivity index (χ0v) is 23.2. The van der Waals surface area contributed by atoms with Gasteiger partial charge in [-0.25, -0.2) is 9.97 Å². The minimum Gasteiger partial charge on any atom is -0.455 e. The number of aromatic nitrogens is 2. The lowest BCUT2D eigenvalue weighted by atomic mass is 9.99. The molecule has 0 fully saturated rings. The molecule has 200 valence electrons. The minimum absolute atomic E-state index is 0.718. The van der Waals surface area contributed by atoms with Crippen LogP contribution in [0.4, 0.5) is 0 Å². The van der Waals surface area contributed by atoms with Crippen LogP contribution in [0.15, 0.2) is 150 Å². The summed E-state index contributed by atoms with van der Waals surface area (Å²) in [6, 6.07) is 50.9. The second-order valence-electron chi connectivity index (χ2n) is 11.0. The SMILES string of the molecule is c1ccc(-c2ccc3cc(-c4nc(-c5ccc6c(ccc7c8ccccc8oc67)c5)c5ccccc5n4)ccc3c2)cc1. The molecule has 2 heterocycles. The third-order valence-corrected chi connectivity index (χ3v) is 8.44. The lowest BCUT2D eigenvalue weighted by Crippen LogP contribution is -1.95. The smallest absolute Gasteiger partial charge is 0.160 e. The molecule has 3 heteroatoms. The molecule has 0 saturated carbocycles. The summed E-state index contributed by atoms with van der Waals surface area (Å²) in [5, 5.41) is 7.88. The van der Waals surface area contributed by atoms with Crippen molar-refractivity contribution in [2.75, 3.05) is 0 Å². The molecule has 9 rings (SSSR count). The molecular weight excluding hydrogens is 524 g/mol. The zero-order chi connectivity index (χ0) is 28.3.